The first-order valence-corrected chi connectivity index (χ1v) is 15.6. The lowest BCUT2D eigenvalue weighted by Gasteiger charge is -2.32. The van der Waals surface area contributed by atoms with Crippen LogP contribution in [-0.2, 0) is 38.3 Å². The minimum Gasteiger partial charge on any atom is -0.494 e. The number of rotatable bonds is 14. The maximum Gasteiger partial charge on any atom is 0.416 e. The third-order valence-corrected chi connectivity index (χ3v) is 7.54. The molecule has 0 aromatic heterocycles. The standard InChI is InChI=1S/C35H38F3N5O6/c1-33(2,3)49-29(45)17-18-34(32(46)40-21-23-9-13-26(14-10-23)35(36,37)38)30(28-8-5-4-7-25(28)22-41-43-39)48-31(42-34)24-11-15-27(16-12-24)47-20-6-19-44/h4-5,7-16,30,44H,6,17-22H2,1-3H3,(H,40,46)/t30-,34-/m1/s1. The summed E-state index contributed by atoms with van der Waals surface area (Å²) in [6.07, 6.45) is -5.55. The van der Waals surface area contributed by atoms with E-state index in [1.54, 1.807) is 69.3 Å². The molecule has 0 bridgehead atoms. The Kier molecular flexibility index (Phi) is 11.9. The smallest absolute Gasteiger partial charge is 0.416 e. The molecule has 1 aliphatic rings. The number of aliphatic imine (C=N–C) groups is 1. The molecule has 0 aliphatic carbocycles. The minimum atomic E-state index is -4.51. The van der Waals surface area contributed by atoms with E-state index in [9.17, 15) is 22.8 Å². The van der Waals surface area contributed by atoms with Crippen LogP contribution in [0.3, 0.4) is 0 Å². The molecule has 11 nitrogen and oxygen atoms in total. The number of alkyl halides is 3. The fourth-order valence-electron chi connectivity index (χ4n) is 5.22. The molecule has 1 heterocycles. The maximum atomic E-state index is 14.4. The van der Waals surface area contributed by atoms with Crippen molar-refractivity contribution in [3.8, 4) is 5.75 Å². The number of nitrogens with zero attached hydrogens (tertiary/aromatic N) is 4. The largest absolute Gasteiger partial charge is 0.494 e. The fraction of sp³-hybridized carbons (Fsp3) is 0.400. The first kappa shape index (κ1) is 36.8. The Bertz CT molecular complexity index is 1680. The second kappa shape index (κ2) is 15.9. The van der Waals surface area contributed by atoms with E-state index in [0.717, 1.165) is 12.1 Å². The SMILES string of the molecule is CC(C)(C)OC(=O)CC[C@@]1(C(=O)NCc2ccc(C(F)(F)F)cc2)N=C(c2ccc(OCCCO)cc2)O[C@@H]1c1ccccc1CN=[N+]=[N-]. The zero-order chi connectivity index (χ0) is 35.7. The molecule has 0 fully saturated rings. The molecular formula is C35H38F3N5O6. The van der Waals surface area contributed by atoms with Gasteiger partial charge in [-0.25, -0.2) is 4.99 Å². The molecule has 0 radical (unpaired) electrons. The lowest BCUT2D eigenvalue weighted by molar-refractivity contribution is -0.155. The van der Waals surface area contributed by atoms with Crippen molar-refractivity contribution in [2.45, 2.75) is 76.5 Å². The van der Waals surface area contributed by atoms with E-state index in [1.807, 2.05) is 0 Å². The molecule has 0 spiro atoms. The number of azide groups is 1. The Hall–Kier alpha value is -5.07. The Morgan fingerprint density at radius 3 is 2.39 bits per heavy atom. The van der Waals surface area contributed by atoms with Gasteiger partial charge in [0, 0.05) is 36.5 Å². The van der Waals surface area contributed by atoms with Crippen molar-refractivity contribution in [3.05, 3.63) is 111 Å². The van der Waals surface area contributed by atoms with Gasteiger partial charge in [-0.05, 0) is 85.8 Å². The Morgan fingerprint density at radius 1 is 1.06 bits per heavy atom. The summed E-state index contributed by atoms with van der Waals surface area (Å²) in [6.45, 7) is 5.26. The third-order valence-electron chi connectivity index (χ3n) is 7.54. The molecule has 3 aromatic carbocycles. The van der Waals surface area contributed by atoms with Gasteiger partial charge in [-0.1, -0.05) is 41.5 Å². The van der Waals surface area contributed by atoms with Gasteiger partial charge < -0.3 is 24.6 Å². The van der Waals surface area contributed by atoms with Crippen molar-refractivity contribution >= 4 is 17.8 Å². The molecule has 3 aromatic rings. The molecule has 0 saturated heterocycles. The predicted molar refractivity (Wildman–Crippen MR) is 174 cm³/mol. The maximum absolute atomic E-state index is 14.4. The van der Waals surface area contributed by atoms with Crippen LogP contribution in [0.25, 0.3) is 10.4 Å². The van der Waals surface area contributed by atoms with Gasteiger partial charge in [0.2, 0.25) is 5.90 Å². The molecule has 0 saturated carbocycles. The van der Waals surface area contributed by atoms with E-state index >= 15 is 0 Å². The van der Waals surface area contributed by atoms with E-state index in [-0.39, 0.29) is 38.4 Å². The second-order valence-corrected chi connectivity index (χ2v) is 12.3. The molecule has 4 rings (SSSR count). The first-order chi connectivity index (χ1) is 23.3. The van der Waals surface area contributed by atoms with E-state index in [0.29, 0.717) is 41.0 Å². The molecule has 2 atom stereocenters. The van der Waals surface area contributed by atoms with Gasteiger partial charge in [0.1, 0.15) is 11.4 Å². The molecule has 260 valence electrons. The molecule has 0 unspecified atom stereocenters. The molecule has 1 amide bonds. The van der Waals surface area contributed by atoms with Crippen LogP contribution in [0.4, 0.5) is 13.2 Å². The van der Waals surface area contributed by atoms with Gasteiger partial charge in [-0.2, -0.15) is 13.2 Å². The summed E-state index contributed by atoms with van der Waals surface area (Å²) in [5, 5.41) is 15.6. The van der Waals surface area contributed by atoms with Crippen molar-refractivity contribution < 1.29 is 42.1 Å². The summed E-state index contributed by atoms with van der Waals surface area (Å²) in [4.78, 5) is 35.1. The highest BCUT2D eigenvalue weighted by Crippen LogP contribution is 2.44. The molecular weight excluding hydrogens is 643 g/mol. The number of amides is 1. The van der Waals surface area contributed by atoms with Crippen molar-refractivity contribution in [3.63, 3.8) is 0 Å². The van der Waals surface area contributed by atoms with Gasteiger partial charge in [0.15, 0.2) is 11.6 Å². The number of halogens is 3. The number of carbonyl (C=O) groups excluding carboxylic acids is 2. The van der Waals surface area contributed by atoms with Crippen LogP contribution in [0.5, 0.6) is 5.75 Å². The highest BCUT2D eigenvalue weighted by molar-refractivity contribution is 6.01. The summed E-state index contributed by atoms with van der Waals surface area (Å²) in [5.41, 5.74) is 7.62. The van der Waals surface area contributed by atoms with Crippen LogP contribution in [0.15, 0.2) is 82.9 Å². The fourth-order valence-corrected chi connectivity index (χ4v) is 5.22. The number of ether oxygens (including phenoxy) is 3. The Labute approximate surface area is 281 Å². The van der Waals surface area contributed by atoms with Gasteiger partial charge in [0.05, 0.1) is 18.7 Å². The first-order valence-electron chi connectivity index (χ1n) is 15.6. The predicted octanol–water partition coefficient (Wildman–Crippen LogP) is 6.97. The average Bonchev–Trinajstić information content (AvgIpc) is 3.45. The highest BCUT2D eigenvalue weighted by Gasteiger charge is 2.53. The van der Waals surface area contributed by atoms with Gasteiger partial charge in [0.25, 0.3) is 5.91 Å². The second-order valence-electron chi connectivity index (χ2n) is 12.3. The number of esters is 1. The van der Waals surface area contributed by atoms with E-state index in [4.69, 9.17) is 29.8 Å². The zero-order valence-corrected chi connectivity index (χ0v) is 27.4. The van der Waals surface area contributed by atoms with Crippen LogP contribution in [0.1, 0.15) is 74.0 Å². The average molecular weight is 682 g/mol. The number of benzene rings is 3. The third kappa shape index (κ3) is 9.74. The summed E-state index contributed by atoms with van der Waals surface area (Å²) in [6, 6.07) is 18.1. The Balaban J connectivity index is 1.77. The zero-order valence-electron chi connectivity index (χ0n) is 27.4. The summed E-state index contributed by atoms with van der Waals surface area (Å²) < 4.78 is 57.1. The van der Waals surface area contributed by atoms with E-state index in [2.05, 4.69) is 15.3 Å². The molecule has 49 heavy (non-hydrogen) atoms. The van der Waals surface area contributed by atoms with E-state index < -0.39 is 40.9 Å². The minimum absolute atomic E-state index is 0.0163. The molecule has 1 aliphatic heterocycles. The quantitative estimate of drug-likeness (QED) is 0.0616. The van der Waals surface area contributed by atoms with Crippen LogP contribution in [0, 0.1) is 0 Å². The Morgan fingerprint density at radius 2 is 1.76 bits per heavy atom. The number of hydrogen-bond acceptors (Lipinski definition) is 8. The monoisotopic (exact) mass is 681 g/mol. The van der Waals surface area contributed by atoms with Crippen LogP contribution in [-0.4, -0.2) is 47.2 Å². The van der Waals surface area contributed by atoms with E-state index in [1.165, 1.54) is 12.1 Å². The normalized spacial score (nSPS) is 17.4. The number of carbonyl (C=O) groups is 2. The van der Waals surface area contributed by atoms with Crippen molar-refractivity contribution in [2.24, 2.45) is 10.1 Å². The molecule has 2 N–H and O–H groups in total. The highest BCUT2D eigenvalue weighted by atomic mass is 19.4. The number of nitrogens with one attached hydrogen (secondary N) is 1. The topological polar surface area (TPSA) is 155 Å². The van der Waals surface area contributed by atoms with Crippen molar-refractivity contribution in [1.29, 1.82) is 0 Å². The number of aliphatic hydroxyl groups is 1. The van der Waals surface area contributed by atoms with Crippen molar-refractivity contribution in [1.82, 2.24) is 5.32 Å². The van der Waals surface area contributed by atoms with Gasteiger partial charge in [-0.15, -0.1) is 0 Å². The number of aliphatic hydroxyl groups excluding tert-OH is 1. The van der Waals surface area contributed by atoms with Crippen molar-refractivity contribution in [2.75, 3.05) is 13.2 Å². The summed E-state index contributed by atoms with van der Waals surface area (Å²) in [7, 11) is 0. The van der Waals surface area contributed by atoms with Crippen LogP contribution in [0.2, 0.25) is 0 Å². The van der Waals surface area contributed by atoms with Crippen LogP contribution < -0.4 is 10.1 Å². The van der Waals surface area contributed by atoms with Gasteiger partial charge in [-0.3, -0.25) is 9.59 Å². The summed E-state index contributed by atoms with van der Waals surface area (Å²) >= 11 is 0. The lowest BCUT2D eigenvalue weighted by atomic mass is 9.81. The van der Waals surface area contributed by atoms with Gasteiger partial charge >= 0.3 is 12.1 Å². The summed E-state index contributed by atoms with van der Waals surface area (Å²) in [5.74, 6) is -0.577. The number of hydrogen-bond donors (Lipinski definition) is 2. The van der Waals surface area contributed by atoms with Crippen LogP contribution >= 0.6 is 0 Å². The lowest BCUT2D eigenvalue weighted by Crippen LogP contribution is -2.48. The molecule has 14 heteroatoms.